The first kappa shape index (κ1) is 17.5. The second-order valence-electron chi connectivity index (χ2n) is 6.18. The van der Waals surface area contributed by atoms with Gasteiger partial charge in [-0.15, -0.1) is 5.10 Å². The molecule has 1 aliphatic rings. The van der Waals surface area contributed by atoms with Crippen LogP contribution in [0.25, 0.3) is 11.4 Å². The van der Waals surface area contributed by atoms with Gasteiger partial charge in [0.2, 0.25) is 11.1 Å². The SMILES string of the molecule is O=C(CSc1n[nH]c(-c2ccccc2)n1)N1CCN(c2ccccn2)CC1. The number of anilines is 1. The molecule has 1 saturated heterocycles. The minimum absolute atomic E-state index is 0.117. The van der Waals surface area contributed by atoms with Crippen molar-refractivity contribution in [3.05, 3.63) is 54.7 Å². The van der Waals surface area contributed by atoms with Crippen LogP contribution in [-0.4, -0.2) is 62.9 Å². The van der Waals surface area contributed by atoms with Gasteiger partial charge in [-0.05, 0) is 12.1 Å². The number of thioether (sulfide) groups is 1. The maximum absolute atomic E-state index is 12.5. The number of amides is 1. The van der Waals surface area contributed by atoms with Crippen LogP contribution in [0.15, 0.2) is 59.9 Å². The van der Waals surface area contributed by atoms with E-state index in [-0.39, 0.29) is 5.91 Å². The number of aromatic amines is 1. The molecule has 1 aliphatic heterocycles. The van der Waals surface area contributed by atoms with Crippen LogP contribution in [0.2, 0.25) is 0 Å². The standard InChI is InChI=1S/C19H20N6OS/c26-17(25-12-10-24(11-13-25)16-8-4-5-9-20-16)14-27-19-21-18(22-23-19)15-6-2-1-3-7-15/h1-9H,10-14H2,(H,21,22,23). The molecule has 0 spiro atoms. The highest BCUT2D eigenvalue weighted by molar-refractivity contribution is 7.99. The van der Waals surface area contributed by atoms with Gasteiger partial charge in [0.15, 0.2) is 5.82 Å². The second kappa shape index (κ2) is 8.22. The molecule has 8 heteroatoms. The minimum Gasteiger partial charge on any atom is -0.353 e. The monoisotopic (exact) mass is 380 g/mol. The molecule has 1 amide bonds. The lowest BCUT2D eigenvalue weighted by Crippen LogP contribution is -2.49. The van der Waals surface area contributed by atoms with Gasteiger partial charge in [0.25, 0.3) is 0 Å². The molecule has 1 N–H and O–H groups in total. The lowest BCUT2D eigenvalue weighted by atomic mass is 10.2. The maximum atomic E-state index is 12.5. The van der Waals surface area contributed by atoms with E-state index >= 15 is 0 Å². The number of nitrogens with zero attached hydrogens (tertiary/aromatic N) is 5. The Bertz CT molecular complexity index is 877. The van der Waals surface area contributed by atoms with Crippen LogP contribution >= 0.6 is 11.8 Å². The normalized spacial score (nSPS) is 14.4. The lowest BCUT2D eigenvalue weighted by molar-refractivity contribution is -0.128. The summed E-state index contributed by atoms with van der Waals surface area (Å²) in [5.41, 5.74) is 0.980. The van der Waals surface area contributed by atoms with Gasteiger partial charge in [0.05, 0.1) is 5.75 Å². The molecule has 0 saturated carbocycles. The number of carbonyl (C=O) groups excluding carboxylic acids is 1. The van der Waals surface area contributed by atoms with Crippen molar-refractivity contribution in [3.8, 4) is 11.4 Å². The number of hydrogen-bond acceptors (Lipinski definition) is 6. The van der Waals surface area contributed by atoms with Crippen molar-refractivity contribution in [2.75, 3.05) is 36.8 Å². The Kier molecular flexibility index (Phi) is 5.34. The average Bonchev–Trinajstić information content (AvgIpc) is 3.22. The number of piperazine rings is 1. The molecule has 138 valence electrons. The Morgan fingerprint density at radius 1 is 1.04 bits per heavy atom. The van der Waals surface area contributed by atoms with E-state index in [0.717, 1.165) is 30.3 Å². The van der Waals surface area contributed by atoms with Crippen LogP contribution in [0.5, 0.6) is 0 Å². The summed E-state index contributed by atoms with van der Waals surface area (Å²) in [5, 5.41) is 7.72. The van der Waals surface area contributed by atoms with Gasteiger partial charge in [0.1, 0.15) is 5.82 Å². The molecule has 0 unspecified atom stereocenters. The zero-order valence-corrected chi connectivity index (χ0v) is 15.6. The molecule has 2 aromatic heterocycles. The van der Waals surface area contributed by atoms with E-state index < -0.39 is 0 Å². The molecule has 0 atom stereocenters. The number of rotatable bonds is 5. The number of pyridine rings is 1. The van der Waals surface area contributed by atoms with Crippen LogP contribution in [0.3, 0.4) is 0 Å². The molecule has 3 heterocycles. The summed E-state index contributed by atoms with van der Waals surface area (Å²) in [6.45, 7) is 3.01. The highest BCUT2D eigenvalue weighted by Crippen LogP contribution is 2.20. The topological polar surface area (TPSA) is 78.0 Å². The number of H-pyrrole nitrogens is 1. The maximum Gasteiger partial charge on any atom is 0.233 e. The van der Waals surface area contributed by atoms with Crippen LogP contribution < -0.4 is 4.90 Å². The van der Waals surface area contributed by atoms with Crippen molar-refractivity contribution < 1.29 is 4.79 Å². The molecular weight excluding hydrogens is 360 g/mol. The Labute approximate surface area is 161 Å². The Morgan fingerprint density at radius 3 is 2.56 bits per heavy atom. The van der Waals surface area contributed by atoms with Gasteiger partial charge in [0, 0.05) is 37.9 Å². The quantitative estimate of drug-likeness (QED) is 0.685. The Morgan fingerprint density at radius 2 is 1.81 bits per heavy atom. The summed E-state index contributed by atoms with van der Waals surface area (Å²) in [5.74, 6) is 2.14. The van der Waals surface area contributed by atoms with Gasteiger partial charge in [-0.3, -0.25) is 9.89 Å². The molecule has 0 radical (unpaired) electrons. The van der Waals surface area contributed by atoms with Crippen molar-refractivity contribution in [1.82, 2.24) is 25.1 Å². The number of nitrogens with one attached hydrogen (secondary N) is 1. The van der Waals surface area contributed by atoms with Gasteiger partial charge in [-0.25, -0.2) is 9.97 Å². The smallest absolute Gasteiger partial charge is 0.233 e. The largest absolute Gasteiger partial charge is 0.353 e. The van der Waals surface area contributed by atoms with Crippen molar-refractivity contribution >= 4 is 23.5 Å². The fourth-order valence-electron chi connectivity index (χ4n) is 2.98. The number of carbonyl (C=O) groups is 1. The fraction of sp³-hybridized carbons (Fsp3) is 0.263. The molecule has 1 aromatic carbocycles. The predicted octanol–water partition coefficient (Wildman–Crippen LogP) is 2.31. The first-order valence-electron chi connectivity index (χ1n) is 8.84. The van der Waals surface area contributed by atoms with Gasteiger partial charge >= 0.3 is 0 Å². The van der Waals surface area contributed by atoms with E-state index in [9.17, 15) is 4.79 Å². The average molecular weight is 380 g/mol. The van der Waals surface area contributed by atoms with Crippen molar-refractivity contribution in [2.45, 2.75) is 5.16 Å². The van der Waals surface area contributed by atoms with E-state index in [2.05, 4.69) is 25.1 Å². The van der Waals surface area contributed by atoms with Gasteiger partial charge < -0.3 is 9.80 Å². The van der Waals surface area contributed by atoms with E-state index in [1.165, 1.54) is 11.8 Å². The van der Waals surface area contributed by atoms with Crippen molar-refractivity contribution in [2.24, 2.45) is 0 Å². The summed E-state index contributed by atoms with van der Waals surface area (Å²) in [7, 11) is 0. The van der Waals surface area contributed by atoms with E-state index in [1.807, 2.05) is 53.4 Å². The molecule has 27 heavy (non-hydrogen) atoms. The highest BCUT2D eigenvalue weighted by atomic mass is 32.2. The first-order chi connectivity index (χ1) is 13.3. The summed E-state index contributed by atoms with van der Waals surface area (Å²) >= 11 is 1.36. The Balaban J connectivity index is 1.27. The molecule has 1 fully saturated rings. The lowest BCUT2D eigenvalue weighted by Gasteiger charge is -2.35. The number of hydrogen-bond donors (Lipinski definition) is 1. The number of benzene rings is 1. The second-order valence-corrected chi connectivity index (χ2v) is 7.12. The van der Waals surface area contributed by atoms with Crippen LogP contribution in [0.4, 0.5) is 5.82 Å². The summed E-state index contributed by atoms with van der Waals surface area (Å²) in [4.78, 5) is 25.4. The molecule has 0 bridgehead atoms. The van der Waals surface area contributed by atoms with Gasteiger partial charge in [-0.2, -0.15) is 0 Å². The molecule has 0 aliphatic carbocycles. The molecule has 3 aromatic rings. The third-order valence-corrected chi connectivity index (χ3v) is 5.27. The van der Waals surface area contributed by atoms with Crippen molar-refractivity contribution in [3.63, 3.8) is 0 Å². The minimum atomic E-state index is 0.117. The zero-order valence-electron chi connectivity index (χ0n) is 14.8. The van der Waals surface area contributed by atoms with Crippen LogP contribution in [-0.2, 0) is 4.79 Å². The molecular formula is C19H20N6OS. The van der Waals surface area contributed by atoms with Crippen molar-refractivity contribution in [1.29, 1.82) is 0 Å². The highest BCUT2D eigenvalue weighted by Gasteiger charge is 2.22. The summed E-state index contributed by atoms with van der Waals surface area (Å²) < 4.78 is 0. The molecule has 4 rings (SSSR count). The fourth-order valence-corrected chi connectivity index (χ4v) is 3.68. The third-order valence-electron chi connectivity index (χ3n) is 4.44. The van der Waals surface area contributed by atoms with E-state index in [4.69, 9.17) is 0 Å². The molecule has 7 nitrogen and oxygen atoms in total. The third kappa shape index (κ3) is 4.28. The van der Waals surface area contributed by atoms with E-state index in [1.54, 1.807) is 6.20 Å². The summed E-state index contributed by atoms with van der Waals surface area (Å²) in [6.07, 6.45) is 1.80. The first-order valence-corrected chi connectivity index (χ1v) is 9.82. The zero-order chi connectivity index (χ0) is 18.5. The van der Waals surface area contributed by atoms with Crippen LogP contribution in [0, 0.1) is 0 Å². The predicted molar refractivity (Wildman–Crippen MR) is 106 cm³/mol. The Hall–Kier alpha value is -2.87. The van der Waals surface area contributed by atoms with Gasteiger partial charge in [-0.1, -0.05) is 48.2 Å². The summed E-state index contributed by atoms with van der Waals surface area (Å²) in [6, 6.07) is 15.7. The number of aromatic nitrogens is 4. The van der Waals surface area contributed by atoms with Crippen LogP contribution in [0.1, 0.15) is 0 Å². The van der Waals surface area contributed by atoms with E-state index in [0.29, 0.717) is 24.0 Å².